The topological polar surface area (TPSA) is 18.5 Å². The van der Waals surface area contributed by atoms with Crippen molar-refractivity contribution in [2.75, 3.05) is 0 Å². The number of hydrogen-bond donors (Lipinski definition) is 0. The van der Waals surface area contributed by atoms with Crippen LogP contribution in [0.2, 0.25) is 5.82 Å². The molecule has 2 unspecified atom stereocenters. The molecule has 4 aliphatic rings. The summed E-state index contributed by atoms with van der Waals surface area (Å²) in [4.78, 5) is 0. The molecule has 0 spiro atoms. The average molecular weight is 445 g/mol. The molecule has 4 rings (SSSR count). The quantitative estimate of drug-likeness (QED) is 0.396. The Morgan fingerprint density at radius 2 is 0.750 bits per heavy atom. The molecule has 0 aromatic rings. The van der Waals surface area contributed by atoms with Crippen LogP contribution in [0.25, 0.3) is 0 Å². The van der Waals surface area contributed by atoms with Crippen LogP contribution in [0.15, 0.2) is 0 Å². The van der Waals surface area contributed by atoms with Crippen LogP contribution in [0.3, 0.4) is 0 Å². The van der Waals surface area contributed by atoms with Crippen molar-refractivity contribution >= 4 is 7.12 Å². The highest BCUT2D eigenvalue weighted by Gasteiger charge is 2.53. The van der Waals surface area contributed by atoms with Crippen LogP contribution in [0.5, 0.6) is 0 Å². The van der Waals surface area contributed by atoms with Crippen molar-refractivity contribution in [3.63, 3.8) is 0 Å². The third kappa shape index (κ3) is 6.15. The van der Waals surface area contributed by atoms with Crippen molar-refractivity contribution < 1.29 is 9.31 Å². The largest absolute Gasteiger partial charge is 0.461 e. The molecule has 1 aliphatic heterocycles. The highest BCUT2D eigenvalue weighted by Crippen LogP contribution is 2.45. The van der Waals surface area contributed by atoms with Gasteiger partial charge in [-0.15, -0.1) is 0 Å². The second-order valence-corrected chi connectivity index (χ2v) is 13.1. The molecule has 0 aromatic carbocycles. The van der Waals surface area contributed by atoms with Gasteiger partial charge in [-0.2, -0.15) is 0 Å². The first-order valence-electron chi connectivity index (χ1n) is 14.7. The minimum Gasteiger partial charge on any atom is -0.403 e. The average Bonchev–Trinajstić information content (AvgIpc) is 2.85. The summed E-state index contributed by atoms with van der Waals surface area (Å²) in [5, 5.41) is 0. The van der Waals surface area contributed by atoms with E-state index in [0.717, 1.165) is 23.7 Å². The molecular formula is C29H53BO2. The van der Waals surface area contributed by atoms with Crippen molar-refractivity contribution in [3.05, 3.63) is 0 Å². The van der Waals surface area contributed by atoms with Crippen molar-refractivity contribution in [1.82, 2.24) is 0 Å². The molecule has 1 saturated heterocycles. The molecule has 0 amide bonds. The zero-order valence-corrected chi connectivity index (χ0v) is 22.0. The summed E-state index contributed by atoms with van der Waals surface area (Å²) in [6.45, 7) is 8.79. The Hall–Kier alpha value is -0.0151. The third-order valence-corrected chi connectivity index (χ3v) is 10.5. The zero-order valence-electron chi connectivity index (χ0n) is 22.0. The van der Waals surface area contributed by atoms with Crippen molar-refractivity contribution in [2.45, 2.75) is 160 Å². The van der Waals surface area contributed by atoms with E-state index in [1.165, 1.54) is 77.0 Å². The lowest BCUT2D eigenvalue weighted by atomic mass is 9.66. The highest BCUT2D eigenvalue weighted by atomic mass is 16.7. The number of fused-ring (bicyclic) bond motifs is 1. The first-order valence-corrected chi connectivity index (χ1v) is 14.7. The SMILES string of the molecule is CC1(C)OB(C2CCCCC(C3CCC4CCCCCCC4CC3)CCCC2)OC1(C)C. The van der Waals surface area contributed by atoms with E-state index in [-0.39, 0.29) is 18.3 Å². The summed E-state index contributed by atoms with van der Waals surface area (Å²) in [5.41, 5.74) is -0.375. The maximum absolute atomic E-state index is 6.44. The molecule has 2 atom stereocenters. The Morgan fingerprint density at radius 1 is 0.438 bits per heavy atom. The molecule has 0 N–H and O–H groups in total. The molecule has 0 bridgehead atoms. The van der Waals surface area contributed by atoms with Crippen LogP contribution in [-0.4, -0.2) is 18.3 Å². The fraction of sp³-hybridized carbons (Fsp3) is 1.00. The van der Waals surface area contributed by atoms with Gasteiger partial charge >= 0.3 is 7.12 Å². The summed E-state index contributed by atoms with van der Waals surface area (Å²) >= 11 is 0. The van der Waals surface area contributed by atoms with E-state index < -0.39 is 0 Å². The van der Waals surface area contributed by atoms with Gasteiger partial charge in [0, 0.05) is 0 Å². The normalized spacial score (nSPS) is 39.4. The molecule has 3 aliphatic carbocycles. The number of rotatable bonds is 2. The molecule has 0 aromatic heterocycles. The van der Waals surface area contributed by atoms with Crippen LogP contribution in [-0.2, 0) is 9.31 Å². The van der Waals surface area contributed by atoms with Gasteiger partial charge in [0.05, 0.1) is 11.2 Å². The molecule has 4 fully saturated rings. The molecule has 184 valence electrons. The molecule has 0 radical (unpaired) electrons. The van der Waals surface area contributed by atoms with E-state index in [1.54, 1.807) is 38.5 Å². The molecular weight excluding hydrogens is 391 g/mol. The molecule has 1 heterocycles. The minimum atomic E-state index is -0.188. The van der Waals surface area contributed by atoms with Crippen molar-refractivity contribution in [3.8, 4) is 0 Å². The predicted molar refractivity (Wildman–Crippen MR) is 137 cm³/mol. The van der Waals surface area contributed by atoms with Gasteiger partial charge < -0.3 is 9.31 Å². The Morgan fingerprint density at radius 3 is 1.19 bits per heavy atom. The monoisotopic (exact) mass is 444 g/mol. The van der Waals surface area contributed by atoms with Crippen molar-refractivity contribution in [2.24, 2.45) is 23.7 Å². The summed E-state index contributed by atoms with van der Waals surface area (Å²) in [5.74, 6) is 4.76. The van der Waals surface area contributed by atoms with Crippen LogP contribution >= 0.6 is 0 Å². The zero-order chi connectivity index (χ0) is 22.6. The van der Waals surface area contributed by atoms with Crippen LogP contribution in [0.4, 0.5) is 0 Å². The van der Waals surface area contributed by atoms with Gasteiger partial charge in [-0.1, -0.05) is 89.9 Å². The van der Waals surface area contributed by atoms with Gasteiger partial charge in [-0.3, -0.25) is 0 Å². The standard InChI is InChI=1S/C29H53BO2/c1-28(2)29(3,4)32-30(31-28)27-17-11-9-15-23(16-10-12-18-27)26-21-19-24-13-7-5-6-8-14-25(24)20-22-26/h23-27H,5-22H2,1-4H3. The maximum atomic E-state index is 6.44. The maximum Gasteiger partial charge on any atom is 0.461 e. The Balaban J connectivity index is 1.28. The minimum absolute atomic E-state index is 0.00795. The van der Waals surface area contributed by atoms with Crippen LogP contribution < -0.4 is 0 Å². The van der Waals surface area contributed by atoms with Crippen molar-refractivity contribution in [1.29, 1.82) is 0 Å². The highest BCUT2D eigenvalue weighted by molar-refractivity contribution is 6.47. The fourth-order valence-electron chi connectivity index (χ4n) is 7.61. The van der Waals surface area contributed by atoms with Gasteiger partial charge in [-0.05, 0) is 82.9 Å². The lowest BCUT2D eigenvalue weighted by Crippen LogP contribution is -2.41. The number of hydrogen-bond acceptors (Lipinski definition) is 2. The third-order valence-electron chi connectivity index (χ3n) is 10.5. The van der Waals surface area contributed by atoms with E-state index >= 15 is 0 Å². The summed E-state index contributed by atoms with van der Waals surface area (Å²) in [6, 6.07) is 0. The summed E-state index contributed by atoms with van der Waals surface area (Å²) < 4.78 is 12.9. The lowest BCUT2D eigenvalue weighted by molar-refractivity contribution is 0.00578. The molecule has 2 nitrogen and oxygen atoms in total. The molecule has 32 heavy (non-hydrogen) atoms. The Kier molecular flexibility index (Phi) is 8.74. The molecule has 3 heteroatoms. The van der Waals surface area contributed by atoms with Gasteiger partial charge in [0.15, 0.2) is 0 Å². The van der Waals surface area contributed by atoms with Gasteiger partial charge in [0.1, 0.15) is 0 Å². The van der Waals surface area contributed by atoms with Gasteiger partial charge in [0.2, 0.25) is 0 Å². The van der Waals surface area contributed by atoms with E-state index in [1.807, 2.05) is 0 Å². The Labute approximate surface area is 200 Å². The smallest absolute Gasteiger partial charge is 0.403 e. The summed E-state index contributed by atoms with van der Waals surface area (Å²) in [6.07, 6.45) is 26.4. The second kappa shape index (κ2) is 11.2. The van der Waals surface area contributed by atoms with Crippen LogP contribution in [0.1, 0.15) is 143 Å². The predicted octanol–water partition coefficient (Wildman–Crippen LogP) is 8.98. The first-order chi connectivity index (χ1) is 15.4. The van der Waals surface area contributed by atoms with E-state index in [0.29, 0.717) is 5.82 Å². The van der Waals surface area contributed by atoms with E-state index in [2.05, 4.69) is 27.7 Å². The van der Waals surface area contributed by atoms with E-state index in [9.17, 15) is 0 Å². The van der Waals surface area contributed by atoms with Crippen LogP contribution in [0, 0.1) is 23.7 Å². The van der Waals surface area contributed by atoms with E-state index in [4.69, 9.17) is 9.31 Å². The lowest BCUT2D eigenvalue weighted by Gasteiger charge is -2.32. The summed E-state index contributed by atoms with van der Waals surface area (Å²) in [7, 11) is 0.00795. The first kappa shape index (κ1) is 25.1. The van der Waals surface area contributed by atoms with Gasteiger partial charge in [0.25, 0.3) is 0 Å². The Bertz CT molecular complexity index is 528. The molecule has 3 saturated carbocycles. The fourth-order valence-corrected chi connectivity index (χ4v) is 7.61. The van der Waals surface area contributed by atoms with Gasteiger partial charge in [-0.25, -0.2) is 0 Å². The second-order valence-electron chi connectivity index (χ2n) is 13.1.